The Morgan fingerprint density at radius 1 is 0.673 bits per heavy atom. The minimum Gasteiger partial charge on any atom is -0.320 e. The fraction of sp³-hybridized carbons (Fsp3) is 0.147. The molecular weight excluding hydrogens is 860 g/mol. The van der Waals surface area contributed by atoms with Crippen molar-refractivity contribution >= 4 is 74.6 Å². The van der Waals surface area contributed by atoms with E-state index < -0.39 is 49.0 Å². The molecule has 1 aromatic heterocycles. The lowest BCUT2D eigenvalue weighted by atomic mass is 9.78. The van der Waals surface area contributed by atoms with Crippen LogP contribution in [0.25, 0.3) is 21.8 Å². The normalized spacial score (nSPS) is 14.1. The van der Waals surface area contributed by atoms with Crippen LogP contribution in [-0.4, -0.2) is 40.4 Å². The Morgan fingerprint density at radius 3 is 1.87 bits per heavy atom. The zero-order chi connectivity index (χ0) is 37.9. The first kappa shape index (κ1) is 38.1. The van der Waals surface area contributed by atoms with Gasteiger partial charge in [0.15, 0.2) is 5.78 Å². The van der Waals surface area contributed by atoms with Crippen molar-refractivity contribution in [3.63, 3.8) is 0 Å². The first-order valence-electron chi connectivity index (χ1n) is 15.1. The van der Waals surface area contributed by atoms with Crippen molar-refractivity contribution in [1.29, 1.82) is 0 Å². The molecule has 0 aliphatic rings. The molecule has 52 heavy (non-hydrogen) atoms. The van der Waals surface area contributed by atoms with Crippen molar-refractivity contribution < 1.29 is 51.1 Å². The van der Waals surface area contributed by atoms with Crippen molar-refractivity contribution in [2.75, 3.05) is 0 Å². The number of carbonyl (C=O) groups excluding carboxylic acids is 1. The van der Waals surface area contributed by atoms with Crippen molar-refractivity contribution in [3.05, 3.63) is 140 Å². The summed E-state index contributed by atoms with van der Waals surface area (Å²) < 4.78 is 84.7. The minimum absolute atomic E-state index is 0.0588. The molecule has 0 amide bonds. The summed E-state index contributed by atoms with van der Waals surface area (Å²) in [7, 11) is -12.0. The van der Waals surface area contributed by atoms with Crippen LogP contribution in [0.5, 0.6) is 0 Å². The molecule has 0 saturated carbocycles. The van der Waals surface area contributed by atoms with Gasteiger partial charge in [0, 0.05) is 38.5 Å². The monoisotopic (exact) mass is 883 g/mol. The van der Waals surface area contributed by atoms with Crippen LogP contribution < -0.4 is 0 Å². The van der Waals surface area contributed by atoms with Crippen LogP contribution in [0, 0.1) is 0 Å². The maximum atomic E-state index is 15.2. The third kappa shape index (κ3) is 6.83. The van der Waals surface area contributed by atoms with Gasteiger partial charge in [0.05, 0.1) is 5.52 Å². The number of fused-ring (bicyclic) bond motifs is 2. The first-order chi connectivity index (χ1) is 24.3. The van der Waals surface area contributed by atoms with E-state index in [1.807, 2.05) is 0 Å². The van der Waals surface area contributed by atoms with Gasteiger partial charge in [0.1, 0.15) is 11.1 Å². The van der Waals surface area contributed by atoms with Gasteiger partial charge in [0.2, 0.25) is 0 Å². The number of hydrogen-bond acceptors (Lipinski definition) is 5. The van der Waals surface area contributed by atoms with Gasteiger partial charge in [-0.25, -0.2) is 4.68 Å². The molecule has 0 radical (unpaired) electrons. The fourth-order valence-electron chi connectivity index (χ4n) is 6.07. The van der Waals surface area contributed by atoms with Crippen LogP contribution in [0.1, 0.15) is 32.6 Å². The summed E-state index contributed by atoms with van der Waals surface area (Å²) in [4.78, 5) is 52.9. The smallest absolute Gasteiger partial charge is 0.320 e. The Balaban J connectivity index is 1.61. The molecule has 1 heterocycles. The average Bonchev–Trinajstić information content (AvgIpc) is 3.52. The van der Waals surface area contributed by atoms with E-state index in [1.54, 1.807) is 66.7 Å². The number of Topliss-reactive ketones (excluding diaryl/α,β-unsaturated/α-hetero) is 1. The van der Waals surface area contributed by atoms with Gasteiger partial charge in [-0.1, -0.05) is 104 Å². The number of halogens is 6. The highest BCUT2D eigenvalue weighted by atomic mass is 79.9. The first-order valence-corrected chi connectivity index (χ1v) is 19.9. The SMILES string of the molecule is O=C(c1ccccc1)C(Cc1ccc(Br)c(C(F)(F)P(=O)(O)O)c1)(Cc1ccc2cc(Br)c(C(F)(F)P(=O)(O)O)cc2c1)n1nnc2ccccc21. The second-order valence-electron chi connectivity index (χ2n) is 12.1. The molecule has 1 unspecified atom stereocenters. The summed E-state index contributed by atoms with van der Waals surface area (Å²) in [5.74, 6) is -0.556. The molecule has 4 N–H and O–H groups in total. The number of rotatable bonds is 11. The summed E-state index contributed by atoms with van der Waals surface area (Å²) >= 11 is 5.95. The molecule has 1 atom stereocenters. The summed E-state index contributed by atoms with van der Waals surface area (Å²) in [5, 5.41) is 9.14. The number of para-hydroxylation sites is 1. The molecule has 0 bridgehead atoms. The van der Waals surface area contributed by atoms with Crippen LogP contribution in [0.4, 0.5) is 17.6 Å². The van der Waals surface area contributed by atoms with Gasteiger partial charge in [0.25, 0.3) is 0 Å². The van der Waals surface area contributed by atoms with Crippen molar-refractivity contribution in [1.82, 2.24) is 15.0 Å². The molecule has 6 rings (SSSR count). The number of aromatic nitrogens is 3. The topological polar surface area (TPSA) is 163 Å². The van der Waals surface area contributed by atoms with E-state index in [1.165, 1.54) is 28.9 Å². The molecule has 18 heteroatoms. The maximum Gasteiger partial charge on any atom is 0.399 e. The quantitative estimate of drug-likeness (QED) is 0.0567. The third-order valence-electron chi connectivity index (χ3n) is 8.61. The van der Waals surface area contributed by atoms with E-state index in [0.717, 1.165) is 12.1 Å². The van der Waals surface area contributed by atoms with E-state index >= 15 is 8.78 Å². The number of hydrogen-bond donors (Lipinski definition) is 4. The van der Waals surface area contributed by atoms with Crippen molar-refractivity contribution in [3.8, 4) is 0 Å². The lowest BCUT2D eigenvalue weighted by Crippen LogP contribution is -2.47. The lowest BCUT2D eigenvalue weighted by molar-refractivity contribution is 0.0556. The second kappa shape index (κ2) is 13.7. The Labute approximate surface area is 309 Å². The summed E-state index contributed by atoms with van der Waals surface area (Å²) in [6, 6.07) is 25.0. The van der Waals surface area contributed by atoms with Gasteiger partial charge < -0.3 is 19.6 Å². The van der Waals surface area contributed by atoms with Crippen LogP contribution in [0.3, 0.4) is 0 Å². The molecule has 0 saturated heterocycles. The Morgan fingerprint density at radius 2 is 1.23 bits per heavy atom. The molecule has 270 valence electrons. The lowest BCUT2D eigenvalue weighted by Gasteiger charge is -2.34. The Bertz CT molecular complexity index is 2460. The molecule has 6 aromatic rings. The highest BCUT2D eigenvalue weighted by molar-refractivity contribution is 9.10. The summed E-state index contributed by atoms with van der Waals surface area (Å²) in [6.07, 6.45) is -0.643. The predicted molar refractivity (Wildman–Crippen MR) is 191 cm³/mol. The van der Waals surface area contributed by atoms with Gasteiger partial charge in [-0.05, 0) is 58.3 Å². The number of nitrogens with zero attached hydrogens (tertiary/aromatic N) is 3. The van der Waals surface area contributed by atoms with Gasteiger partial charge >= 0.3 is 26.5 Å². The largest absolute Gasteiger partial charge is 0.399 e. The highest BCUT2D eigenvalue weighted by Gasteiger charge is 2.53. The van der Waals surface area contributed by atoms with Gasteiger partial charge in [-0.2, -0.15) is 17.6 Å². The van der Waals surface area contributed by atoms with Crippen LogP contribution >= 0.6 is 47.1 Å². The molecule has 0 fully saturated rings. The van der Waals surface area contributed by atoms with Crippen molar-refractivity contribution in [2.24, 2.45) is 0 Å². The number of benzene rings is 5. The Hall–Kier alpha value is -3.59. The molecule has 0 aliphatic carbocycles. The van der Waals surface area contributed by atoms with Crippen molar-refractivity contribution in [2.45, 2.75) is 29.7 Å². The van der Waals surface area contributed by atoms with Crippen LogP contribution in [-0.2, 0) is 38.8 Å². The molecule has 0 aliphatic heterocycles. The van der Waals surface area contributed by atoms with E-state index in [9.17, 15) is 42.3 Å². The molecule has 10 nitrogen and oxygen atoms in total. The number of alkyl halides is 4. The standard InChI is InChI=1S/C34H25Br2F4N3O7P2/c35-27-13-11-21(15-25(27)33(37,38)51(45,46)47)19-32(31(44)22-6-2-1-3-7-22,43-30-9-5-4-8-29(30)41-42-43)18-20-10-12-23-17-28(36)26(16-24(23)14-20)34(39,40)52(48,49)50/h1-17H,18-19H2,(H2,45,46,47)(H2,48,49,50). The summed E-state index contributed by atoms with van der Waals surface area (Å²) in [5.41, 5.74) is -11.6. The Kier molecular flexibility index (Phi) is 10.0. The van der Waals surface area contributed by atoms with Crippen LogP contribution in [0.15, 0.2) is 112 Å². The van der Waals surface area contributed by atoms with E-state index in [4.69, 9.17) is 0 Å². The number of ketones is 1. The van der Waals surface area contributed by atoms with Gasteiger partial charge in [-0.15, -0.1) is 5.10 Å². The zero-order valence-corrected chi connectivity index (χ0v) is 31.2. The minimum atomic E-state index is -6.01. The third-order valence-corrected chi connectivity index (χ3v) is 11.9. The molecular formula is C34H25Br2F4N3O7P2. The van der Waals surface area contributed by atoms with E-state index in [-0.39, 0.29) is 38.3 Å². The summed E-state index contributed by atoms with van der Waals surface area (Å²) in [6.45, 7) is 0. The number of carbonyl (C=O) groups is 1. The van der Waals surface area contributed by atoms with E-state index in [2.05, 4.69) is 42.2 Å². The molecule has 0 spiro atoms. The highest BCUT2D eigenvalue weighted by Crippen LogP contribution is 2.61. The fourth-order valence-corrected chi connectivity index (χ4v) is 8.48. The van der Waals surface area contributed by atoms with Gasteiger partial charge in [-0.3, -0.25) is 13.9 Å². The zero-order valence-electron chi connectivity index (χ0n) is 26.2. The van der Waals surface area contributed by atoms with E-state index in [0.29, 0.717) is 22.0 Å². The van der Waals surface area contributed by atoms with Crippen LogP contribution in [0.2, 0.25) is 0 Å². The molecule has 5 aromatic carbocycles. The average molecular weight is 885 g/mol. The maximum absolute atomic E-state index is 15.2. The second-order valence-corrected chi connectivity index (χ2v) is 17.1. The predicted octanol–water partition coefficient (Wildman–Crippen LogP) is 8.63.